The second-order valence-electron chi connectivity index (χ2n) is 9.35. The summed E-state index contributed by atoms with van der Waals surface area (Å²) >= 11 is 1.61. The topological polar surface area (TPSA) is 86.4 Å². The van der Waals surface area contributed by atoms with Crippen molar-refractivity contribution in [1.29, 1.82) is 5.26 Å². The summed E-state index contributed by atoms with van der Waals surface area (Å²) in [5, 5.41) is 19.8. The van der Waals surface area contributed by atoms with Gasteiger partial charge in [0.1, 0.15) is 16.8 Å². The lowest BCUT2D eigenvalue weighted by atomic mass is 9.80. The van der Waals surface area contributed by atoms with Gasteiger partial charge in [0.2, 0.25) is 5.91 Å². The van der Waals surface area contributed by atoms with Gasteiger partial charge in [0.25, 0.3) is 0 Å². The molecular weight excluding hydrogens is 446 g/mol. The summed E-state index contributed by atoms with van der Waals surface area (Å²) in [6.45, 7) is 4.96. The molecule has 1 aliphatic heterocycles. The second-order valence-corrected chi connectivity index (χ2v) is 10.4. The molecule has 1 aromatic heterocycles. The minimum Gasteiger partial charge on any atom is -0.490 e. The first-order chi connectivity index (χ1) is 16.4. The highest BCUT2D eigenvalue weighted by Crippen LogP contribution is 2.49. The first-order valence-electron chi connectivity index (χ1n) is 11.6. The van der Waals surface area contributed by atoms with E-state index in [1.807, 2.05) is 38.2 Å². The van der Waals surface area contributed by atoms with Crippen LogP contribution < -0.4 is 4.74 Å². The number of rotatable bonds is 6. The van der Waals surface area contributed by atoms with Crippen molar-refractivity contribution in [3.63, 3.8) is 0 Å². The Morgan fingerprint density at radius 1 is 1.32 bits per heavy atom. The molecule has 7 heteroatoms. The van der Waals surface area contributed by atoms with E-state index in [9.17, 15) is 15.2 Å². The number of likely N-dealkylation sites (tertiary alicyclic amines) is 1. The maximum Gasteiger partial charge on any atom is 0.223 e. The average molecular weight is 474 g/mol. The molecule has 1 atom stereocenters. The molecule has 1 N–H and O–H groups in total. The van der Waals surface area contributed by atoms with Crippen molar-refractivity contribution in [1.82, 2.24) is 9.88 Å². The van der Waals surface area contributed by atoms with E-state index in [4.69, 9.17) is 4.74 Å². The number of nitrogens with zero attached hydrogens (tertiary/aromatic N) is 3. The van der Waals surface area contributed by atoms with Gasteiger partial charge < -0.3 is 14.7 Å². The Balaban J connectivity index is 1.46. The first-order valence-corrected chi connectivity index (χ1v) is 12.4. The Hall–Kier alpha value is -3.21. The number of fused-ring (bicyclic) bond motifs is 2. The average Bonchev–Trinajstić information content (AvgIpc) is 3.52. The molecule has 174 valence electrons. The number of aliphatic hydroxyl groups excluding tert-OH is 1. The molecule has 1 amide bonds. The van der Waals surface area contributed by atoms with E-state index in [-0.39, 0.29) is 24.0 Å². The fourth-order valence-corrected chi connectivity index (χ4v) is 6.27. The van der Waals surface area contributed by atoms with Crippen LogP contribution in [0.1, 0.15) is 43.4 Å². The second kappa shape index (κ2) is 8.86. The highest BCUT2D eigenvalue weighted by Gasteiger charge is 2.48. The van der Waals surface area contributed by atoms with Gasteiger partial charge in [-0.05, 0) is 61.6 Å². The van der Waals surface area contributed by atoms with Crippen LogP contribution in [0.15, 0.2) is 42.6 Å². The van der Waals surface area contributed by atoms with Gasteiger partial charge in [-0.1, -0.05) is 18.2 Å². The number of amides is 1. The summed E-state index contributed by atoms with van der Waals surface area (Å²) in [6.07, 6.45) is 4.29. The molecule has 2 heterocycles. The minimum atomic E-state index is -0.154. The van der Waals surface area contributed by atoms with Gasteiger partial charge in [0.05, 0.1) is 23.2 Å². The minimum absolute atomic E-state index is 0.00114. The summed E-state index contributed by atoms with van der Waals surface area (Å²) in [4.78, 5) is 20.1. The van der Waals surface area contributed by atoms with Crippen LogP contribution in [0, 0.1) is 11.3 Å². The van der Waals surface area contributed by atoms with Gasteiger partial charge in [-0.15, -0.1) is 11.3 Å². The van der Waals surface area contributed by atoms with Crippen molar-refractivity contribution in [2.24, 2.45) is 0 Å². The van der Waals surface area contributed by atoms with Gasteiger partial charge in [-0.2, -0.15) is 5.26 Å². The number of β-amino-alcohol motifs (C(OH)–C–C–N with tert-alkyl or cyclic N) is 1. The third kappa shape index (κ3) is 3.87. The maximum absolute atomic E-state index is 12.6. The van der Waals surface area contributed by atoms with Gasteiger partial charge in [-0.25, -0.2) is 4.98 Å². The lowest BCUT2D eigenvalue weighted by Gasteiger charge is -2.25. The van der Waals surface area contributed by atoms with Crippen LogP contribution in [0.25, 0.3) is 21.0 Å². The summed E-state index contributed by atoms with van der Waals surface area (Å²) in [7, 11) is 0. The number of carbonyl (C=O) groups is 1. The standard InChI is InChI=1S/C27H27N3O3S/c1-17(2)33-23-7-6-18(12-19(23)14-28)26-29-15-24(34-26)21-4-3-5-22-20(21)8-9-27(22)13-25(32)30(16-27)10-11-31/h3-7,12,15,17,31H,8-11,13,16H2,1-2H3/t27-/m0/s1. The van der Waals surface area contributed by atoms with Crippen LogP contribution in [0.2, 0.25) is 0 Å². The highest BCUT2D eigenvalue weighted by atomic mass is 32.1. The number of thiazole rings is 1. The smallest absolute Gasteiger partial charge is 0.223 e. The Bertz CT molecular complexity index is 1290. The van der Waals surface area contributed by atoms with Crippen molar-refractivity contribution in [2.45, 2.75) is 44.6 Å². The van der Waals surface area contributed by atoms with Crippen molar-refractivity contribution in [3.05, 3.63) is 59.3 Å². The maximum atomic E-state index is 12.6. The molecule has 0 saturated carbocycles. The third-order valence-electron chi connectivity index (χ3n) is 6.79. The normalized spacial score (nSPS) is 19.1. The van der Waals surface area contributed by atoms with E-state index in [2.05, 4.69) is 29.3 Å². The number of hydrogen-bond acceptors (Lipinski definition) is 6. The van der Waals surface area contributed by atoms with Crippen LogP contribution in [0.5, 0.6) is 5.75 Å². The van der Waals surface area contributed by atoms with E-state index >= 15 is 0 Å². The number of aromatic nitrogens is 1. The van der Waals surface area contributed by atoms with Crippen molar-refractivity contribution in [2.75, 3.05) is 19.7 Å². The largest absolute Gasteiger partial charge is 0.490 e. The number of benzene rings is 2. The molecule has 0 bridgehead atoms. The van der Waals surface area contributed by atoms with Gasteiger partial charge in [0.15, 0.2) is 0 Å². The molecule has 1 saturated heterocycles. The monoisotopic (exact) mass is 473 g/mol. The molecular formula is C27H27N3O3S. The molecule has 2 aliphatic rings. The number of carbonyl (C=O) groups excluding carboxylic acids is 1. The molecule has 0 unspecified atom stereocenters. The Morgan fingerprint density at radius 2 is 2.18 bits per heavy atom. The first kappa shape index (κ1) is 22.6. The summed E-state index contributed by atoms with van der Waals surface area (Å²) in [5.41, 5.74) is 4.98. The van der Waals surface area contributed by atoms with E-state index in [1.54, 1.807) is 16.2 Å². The lowest BCUT2D eigenvalue weighted by Crippen LogP contribution is -2.32. The van der Waals surface area contributed by atoms with Crippen LogP contribution in [0.4, 0.5) is 0 Å². The Morgan fingerprint density at radius 3 is 2.94 bits per heavy atom. The Labute approximate surface area is 203 Å². The molecule has 6 nitrogen and oxygen atoms in total. The summed E-state index contributed by atoms with van der Waals surface area (Å²) < 4.78 is 5.75. The molecule has 1 spiro atoms. The van der Waals surface area contributed by atoms with Crippen LogP contribution in [0.3, 0.4) is 0 Å². The predicted molar refractivity (Wildman–Crippen MR) is 132 cm³/mol. The van der Waals surface area contributed by atoms with Gasteiger partial charge in [0, 0.05) is 36.7 Å². The van der Waals surface area contributed by atoms with Crippen molar-refractivity contribution < 1.29 is 14.6 Å². The predicted octanol–water partition coefficient (Wildman–Crippen LogP) is 4.54. The number of aliphatic hydroxyl groups is 1. The molecule has 5 rings (SSSR count). The fourth-order valence-electron chi connectivity index (χ4n) is 5.31. The SMILES string of the molecule is CC(C)Oc1ccc(-c2ncc(-c3cccc4c3CC[C@@]43CC(=O)N(CCO)C3)s2)cc1C#N. The number of nitriles is 1. The molecule has 0 radical (unpaired) electrons. The number of ether oxygens (including phenoxy) is 1. The molecule has 1 aliphatic carbocycles. The fraction of sp³-hybridized carbons (Fsp3) is 0.370. The van der Waals surface area contributed by atoms with Crippen LogP contribution in [-0.4, -0.2) is 46.7 Å². The zero-order chi connectivity index (χ0) is 23.9. The molecule has 2 aromatic carbocycles. The summed E-state index contributed by atoms with van der Waals surface area (Å²) in [6, 6.07) is 14.2. The van der Waals surface area contributed by atoms with Gasteiger partial charge >= 0.3 is 0 Å². The Kier molecular flexibility index (Phi) is 5.88. The summed E-state index contributed by atoms with van der Waals surface area (Å²) in [5.74, 6) is 0.719. The van der Waals surface area contributed by atoms with Crippen molar-refractivity contribution in [3.8, 4) is 32.8 Å². The lowest BCUT2D eigenvalue weighted by molar-refractivity contribution is -0.128. The van der Waals surface area contributed by atoms with Crippen molar-refractivity contribution >= 4 is 17.2 Å². The quantitative estimate of drug-likeness (QED) is 0.568. The zero-order valence-corrected chi connectivity index (χ0v) is 20.2. The van der Waals surface area contributed by atoms with E-state index in [1.165, 1.54) is 16.7 Å². The molecule has 3 aromatic rings. The highest BCUT2D eigenvalue weighted by molar-refractivity contribution is 7.18. The van der Waals surface area contributed by atoms with E-state index < -0.39 is 0 Å². The third-order valence-corrected chi connectivity index (χ3v) is 7.87. The van der Waals surface area contributed by atoms with E-state index in [0.717, 1.165) is 28.3 Å². The molecule has 1 fully saturated rings. The van der Waals surface area contributed by atoms with Gasteiger partial charge in [-0.3, -0.25) is 4.79 Å². The van der Waals surface area contributed by atoms with Crippen LogP contribution >= 0.6 is 11.3 Å². The number of hydrogen-bond donors (Lipinski definition) is 1. The zero-order valence-electron chi connectivity index (χ0n) is 19.4. The van der Waals surface area contributed by atoms with E-state index in [0.29, 0.717) is 30.8 Å². The molecule has 34 heavy (non-hydrogen) atoms. The van der Waals surface area contributed by atoms with Crippen LogP contribution in [-0.2, 0) is 16.6 Å².